The largest absolute Gasteiger partial charge is 0.332 e. The van der Waals surface area contributed by atoms with Crippen LogP contribution in [0.5, 0.6) is 0 Å². The summed E-state index contributed by atoms with van der Waals surface area (Å²) in [6.45, 7) is 6.02. The zero-order valence-electron chi connectivity index (χ0n) is 16.2. The maximum Gasteiger partial charge on any atom is 0.260 e. The Morgan fingerprint density at radius 3 is 2.82 bits per heavy atom. The maximum atomic E-state index is 14.1. The molecule has 0 radical (unpaired) electrons. The predicted molar refractivity (Wildman–Crippen MR) is 107 cm³/mol. The van der Waals surface area contributed by atoms with Crippen LogP contribution in [-0.4, -0.2) is 9.97 Å². The van der Waals surface area contributed by atoms with E-state index in [1.807, 2.05) is 19.2 Å². The summed E-state index contributed by atoms with van der Waals surface area (Å²) >= 11 is 1.62. The first kappa shape index (κ1) is 19.2. The van der Waals surface area contributed by atoms with Gasteiger partial charge in [-0.2, -0.15) is 0 Å². The van der Waals surface area contributed by atoms with Crippen LogP contribution < -0.4 is 10.9 Å². The monoisotopic (exact) mass is 404 g/mol. The van der Waals surface area contributed by atoms with Crippen molar-refractivity contribution in [3.8, 4) is 0 Å². The van der Waals surface area contributed by atoms with E-state index >= 15 is 0 Å². The average Bonchev–Trinajstić information content (AvgIpc) is 2.99. The number of H-pyrrole nitrogens is 1. The van der Waals surface area contributed by atoms with Crippen LogP contribution in [-0.2, 0) is 12.8 Å². The highest BCUT2D eigenvalue weighted by atomic mass is 32.1. The maximum absolute atomic E-state index is 14.1. The molecule has 3 atom stereocenters. The number of nitrogens with two attached hydrogens (primary N) is 1. The van der Waals surface area contributed by atoms with Crippen molar-refractivity contribution in [1.82, 2.24) is 9.97 Å². The molecule has 0 saturated carbocycles. The highest BCUT2D eigenvalue weighted by Gasteiger charge is 2.25. The van der Waals surface area contributed by atoms with E-state index in [2.05, 4.69) is 11.9 Å². The lowest BCUT2D eigenvalue weighted by atomic mass is 9.89. The van der Waals surface area contributed by atoms with Crippen LogP contribution in [0.15, 0.2) is 23.0 Å². The summed E-state index contributed by atoms with van der Waals surface area (Å²) in [4.78, 5) is 22.5. The third-order valence-electron chi connectivity index (χ3n) is 5.65. The van der Waals surface area contributed by atoms with E-state index in [1.165, 1.54) is 17.0 Å². The number of aryl methyl sites for hydroxylation is 1. The second-order valence-electron chi connectivity index (χ2n) is 7.92. The van der Waals surface area contributed by atoms with E-state index in [-0.39, 0.29) is 17.6 Å². The molecule has 4 nitrogen and oxygen atoms in total. The number of halogens is 2. The molecule has 0 aliphatic heterocycles. The summed E-state index contributed by atoms with van der Waals surface area (Å²) in [5, 5.41) is 2.66. The van der Waals surface area contributed by atoms with Gasteiger partial charge >= 0.3 is 0 Å². The van der Waals surface area contributed by atoms with Crippen molar-refractivity contribution in [2.75, 3.05) is 0 Å². The van der Waals surface area contributed by atoms with Gasteiger partial charge in [0.15, 0.2) is 5.82 Å². The SMILES string of the molecule is C[C@H]1CCc2c(sc3nc([C@H](C)[NH2+][C@@H](C)c4ccc(F)cc4F)[nH]c(=O)c23)C1. The molecule has 2 heterocycles. The van der Waals surface area contributed by atoms with Gasteiger partial charge in [0.1, 0.15) is 28.5 Å². The van der Waals surface area contributed by atoms with Crippen LogP contribution in [0.25, 0.3) is 10.2 Å². The van der Waals surface area contributed by atoms with Crippen LogP contribution in [0.2, 0.25) is 0 Å². The lowest BCUT2D eigenvalue weighted by Crippen LogP contribution is -2.85. The van der Waals surface area contributed by atoms with Crippen LogP contribution in [0, 0.1) is 17.6 Å². The summed E-state index contributed by atoms with van der Waals surface area (Å²) < 4.78 is 27.2. The fraction of sp³-hybridized carbons (Fsp3) is 0.429. The van der Waals surface area contributed by atoms with Crippen molar-refractivity contribution < 1.29 is 14.1 Å². The normalized spacial score (nSPS) is 18.8. The van der Waals surface area contributed by atoms with Gasteiger partial charge in [0.25, 0.3) is 5.56 Å². The van der Waals surface area contributed by atoms with Gasteiger partial charge in [-0.25, -0.2) is 13.8 Å². The molecule has 0 bridgehead atoms. The minimum absolute atomic E-state index is 0.0899. The van der Waals surface area contributed by atoms with E-state index in [4.69, 9.17) is 4.98 Å². The third kappa shape index (κ3) is 3.49. The molecule has 1 aliphatic rings. The number of hydrogen-bond acceptors (Lipinski definition) is 3. The van der Waals surface area contributed by atoms with E-state index in [1.54, 1.807) is 11.3 Å². The number of nitrogens with one attached hydrogen (secondary N) is 1. The Morgan fingerprint density at radius 2 is 2.07 bits per heavy atom. The molecule has 1 aromatic carbocycles. The second kappa shape index (κ2) is 7.37. The van der Waals surface area contributed by atoms with Gasteiger partial charge < -0.3 is 10.3 Å². The Labute approximate surface area is 166 Å². The van der Waals surface area contributed by atoms with Crippen molar-refractivity contribution in [3.05, 3.63) is 62.0 Å². The Morgan fingerprint density at radius 1 is 1.29 bits per heavy atom. The number of aromatic nitrogens is 2. The van der Waals surface area contributed by atoms with Crippen molar-refractivity contribution in [1.29, 1.82) is 0 Å². The number of thiophene rings is 1. The second-order valence-corrected chi connectivity index (χ2v) is 9.00. The lowest BCUT2D eigenvalue weighted by molar-refractivity contribution is -0.729. The topological polar surface area (TPSA) is 62.4 Å². The Hall–Kier alpha value is -2.12. The summed E-state index contributed by atoms with van der Waals surface area (Å²) in [5.74, 6) is 0.0678. The van der Waals surface area contributed by atoms with Gasteiger partial charge in [0.05, 0.1) is 5.39 Å². The van der Waals surface area contributed by atoms with Gasteiger partial charge in [-0.05, 0) is 56.7 Å². The lowest BCUT2D eigenvalue weighted by Gasteiger charge is -2.17. The molecule has 0 spiro atoms. The molecule has 3 aromatic rings. The zero-order valence-corrected chi connectivity index (χ0v) is 17.0. The highest BCUT2D eigenvalue weighted by Crippen LogP contribution is 2.35. The highest BCUT2D eigenvalue weighted by molar-refractivity contribution is 7.18. The Balaban J connectivity index is 1.62. The van der Waals surface area contributed by atoms with Crippen molar-refractivity contribution in [2.24, 2.45) is 5.92 Å². The van der Waals surface area contributed by atoms with E-state index in [0.717, 1.165) is 41.1 Å². The van der Waals surface area contributed by atoms with Gasteiger partial charge in [0, 0.05) is 16.5 Å². The summed E-state index contributed by atoms with van der Waals surface area (Å²) in [5.41, 5.74) is 1.50. The number of nitrogens with zero attached hydrogens (tertiary/aromatic N) is 1. The number of rotatable bonds is 4. The number of quaternary nitrogens is 1. The standard InChI is InChI=1S/C21H23F2N3OS/c1-10-4-6-15-17(8-10)28-21-18(15)20(27)25-19(26-21)12(3)24-11(2)14-7-5-13(22)9-16(14)23/h5,7,9-12,24H,4,6,8H2,1-3H3,(H,25,26,27)/p+1/t10-,11-,12-/m0/s1. The summed E-state index contributed by atoms with van der Waals surface area (Å²) in [7, 11) is 0. The fourth-order valence-electron chi connectivity index (χ4n) is 4.08. The molecular formula is C21H24F2N3OS+. The minimum atomic E-state index is -0.589. The molecule has 4 rings (SSSR count). The van der Waals surface area contributed by atoms with E-state index in [0.29, 0.717) is 17.3 Å². The predicted octanol–water partition coefficient (Wildman–Crippen LogP) is 3.77. The van der Waals surface area contributed by atoms with Crippen molar-refractivity contribution >= 4 is 21.6 Å². The number of aromatic amines is 1. The molecule has 1 aliphatic carbocycles. The number of benzene rings is 1. The molecule has 148 valence electrons. The summed E-state index contributed by atoms with van der Waals surface area (Å²) in [6.07, 6.45) is 3.04. The third-order valence-corrected chi connectivity index (χ3v) is 6.79. The molecule has 28 heavy (non-hydrogen) atoms. The first-order valence-corrected chi connectivity index (χ1v) is 10.5. The van der Waals surface area contributed by atoms with Crippen molar-refractivity contribution in [3.63, 3.8) is 0 Å². The number of hydrogen-bond donors (Lipinski definition) is 2. The van der Waals surface area contributed by atoms with Gasteiger partial charge in [-0.3, -0.25) is 4.79 Å². The molecular weight excluding hydrogens is 380 g/mol. The first-order valence-electron chi connectivity index (χ1n) is 9.68. The molecule has 2 aromatic heterocycles. The zero-order chi connectivity index (χ0) is 20.0. The quantitative estimate of drug-likeness (QED) is 0.695. The first-order chi connectivity index (χ1) is 13.3. The molecule has 3 N–H and O–H groups in total. The molecule has 7 heteroatoms. The molecule has 0 amide bonds. The Kier molecular flexibility index (Phi) is 5.05. The van der Waals surface area contributed by atoms with Crippen LogP contribution in [0.4, 0.5) is 8.78 Å². The smallest absolute Gasteiger partial charge is 0.260 e. The molecule has 0 fully saturated rings. The number of fused-ring (bicyclic) bond motifs is 3. The molecule has 0 unspecified atom stereocenters. The average molecular weight is 405 g/mol. The van der Waals surface area contributed by atoms with Crippen LogP contribution >= 0.6 is 11.3 Å². The van der Waals surface area contributed by atoms with Gasteiger partial charge in [0.2, 0.25) is 0 Å². The minimum Gasteiger partial charge on any atom is -0.332 e. The summed E-state index contributed by atoms with van der Waals surface area (Å²) in [6, 6.07) is 3.21. The Bertz CT molecular complexity index is 1090. The van der Waals surface area contributed by atoms with Gasteiger partial charge in [-0.15, -0.1) is 11.3 Å². The van der Waals surface area contributed by atoms with Crippen LogP contribution in [0.1, 0.15) is 61.1 Å². The van der Waals surface area contributed by atoms with E-state index < -0.39 is 11.6 Å². The van der Waals surface area contributed by atoms with Gasteiger partial charge in [-0.1, -0.05) is 6.92 Å². The van der Waals surface area contributed by atoms with E-state index in [9.17, 15) is 13.6 Å². The van der Waals surface area contributed by atoms with Crippen LogP contribution in [0.3, 0.4) is 0 Å². The molecule has 0 saturated heterocycles. The fourth-order valence-corrected chi connectivity index (χ4v) is 5.47. The van der Waals surface area contributed by atoms with Crippen molar-refractivity contribution in [2.45, 2.75) is 52.1 Å².